The van der Waals surface area contributed by atoms with Crippen LogP contribution in [0.25, 0.3) is 0 Å². The Bertz CT molecular complexity index is 454. The van der Waals surface area contributed by atoms with Crippen molar-refractivity contribution in [2.75, 3.05) is 50.8 Å². The molecular formula is C15H22BrN3O. The van der Waals surface area contributed by atoms with E-state index >= 15 is 0 Å². The molecule has 5 heteroatoms. The molecule has 1 aromatic heterocycles. The maximum Gasteiger partial charge on any atom is 0.128 e. The Morgan fingerprint density at radius 2 is 2.15 bits per heavy atom. The lowest BCUT2D eigenvalue weighted by Gasteiger charge is -2.36. The van der Waals surface area contributed by atoms with Gasteiger partial charge in [-0.05, 0) is 46.8 Å². The first-order valence-electron chi connectivity index (χ1n) is 7.39. The number of halogens is 1. The van der Waals surface area contributed by atoms with Gasteiger partial charge in [0.05, 0.1) is 6.61 Å². The fraction of sp³-hybridized carbons (Fsp3) is 0.667. The molecule has 4 nitrogen and oxygen atoms in total. The number of ether oxygens (including phenoxy) is 1. The van der Waals surface area contributed by atoms with Crippen LogP contribution in [0.5, 0.6) is 0 Å². The summed E-state index contributed by atoms with van der Waals surface area (Å²) in [7, 11) is 0. The van der Waals surface area contributed by atoms with Crippen LogP contribution in [0.15, 0.2) is 16.7 Å². The van der Waals surface area contributed by atoms with Crippen molar-refractivity contribution in [3.63, 3.8) is 0 Å². The molecule has 0 amide bonds. The Kier molecular flexibility index (Phi) is 4.58. The van der Waals surface area contributed by atoms with Gasteiger partial charge in [0.1, 0.15) is 5.82 Å². The summed E-state index contributed by atoms with van der Waals surface area (Å²) in [6, 6.07) is 2.17. The molecule has 3 rings (SSSR count). The van der Waals surface area contributed by atoms with Crippen LogP contribution in [-0.4, -0.2) is 55.8 Å². The molecule has 0 aliphatic carbocycles. The van der Waals surface area contributed by atoms with E-state index in [1.165, 1.54) is 18.5 Å². The second kappa shape index (κ2) is 6.41. The molecule has 110 valence electrons. The monoisotopic (exact) mass is 339 g/mol. The fourth-order valence-electron chi connectivity index (χ4n) is 2.95. The molecule has 0 saturated carbocycles. The van der Waals surface area contributed by atoms with E-state index in [1.54, 1.807) is 0 Å². The van der Waals surface area contributed by atoms with E-state index in [-0.39, 0.29) is 0 Å². The molecule has 2 aliphatic rings. The molecule has 1 aromatic rings. The summed E-state index contributed by atoms with van der Waals surface area (Å²) < 4.78 is 6.55. The van der Waals surface area contributed by atoms with Gasteiger partial charge in [0.2, 0.25) is 0 Å². The lowest BCUT2D eigenvalue weighted by molar-refractivity contribution is 0.164. The summed E-state index contributed by atoms with van der Waals surface area (Å²) in [4.78, 5) is 9.49. The van der Waals surface area contributed by atoms with Crippen molar-refractivity contribution in [1.29, 1.82) is 0 Å². The summed E-state index contributed by atoms with van der Waals surface area (Å²) >= 11 is 3.51. The number of aromatic nitrogens is 1. The summed E-state index contributed by atoms with van der Waals surface area (Å²) in [5, 5.41) is 0. The van der Waals surface area contributed by atoms with Gasteiger partial charge >= 0.3 is 0 Å². The largest absolute Gasteiger partial charge is 0.381 e. The Hall–Kier alpha value is -0.650. The zero-order valence-electron chi connectivity index (χ0n) is 12.0. The third-order valence-corrected chi connectivity index (χ3v) is 5.10. The Morgan fingerprint density at radius 3 is 2.80 bits per heavy atom. The molecule has 0 bridgehead atoms. The van der Waals surface area contributed by atoms with E-state index in [1.807, 2.05) is 6.20 Å². The Labute approximate surface area is 129 Å². The van der Waals surface area contributed by atoms with Gasteiger partial charge < -0.3 is 9.64 Å². The second-order valence-corrected chi connectivity index (χ2v) is 6.66. The molecule has 3 heterocycles. The summed E-state index contributed by atoms with van der Waals surface area (Å²) in [5.74, 6) is 1.85. The van der Waals surface area contributed by atoms with Crippen LogP contribution in [0.3, 0.4) is 0 Å². The van der Waals surface area contributed by atoms with Crippen LogP contribution in [0.1, 0.15) is 12.0 Å². The van der Waals surface area contributed by atoms with Gasteiger partial charge in [-0.2, -0.15) is 0 Å². The van der Waals surface area contributed by atoms with E-state index in [9.17, 15) is 0 Å². The number of piperazine rings is 1. The highest BCUT2D eigenvalue weighted by Gasteiger charge is 2.23. The standard InChI is InChI=1S/C15H22BrN3O/c1-12-8-15(17-9-14(12)16)19-5-3-18(4-6-19)10-13-2-7-20-11-13/h8-9,13H,2-7,10-11H2,1H3/t13-/m1/s1. The number of anilines is 1. The van der Waals surface area contributed by atoms with Crippen molar-refractivity contribution in [3.8, 4) is 0 Å². The first kappa shape index (κ1) is 14.3. The smallest absolute Gasteiger partial charge is 0.128 e. The molecule has 0 radical (unpaired) electrons. The SMILES string of the molecule is Cc1cc(N2CCN(C[C@H]3CCOC3)CC2)ncc1Br. The zero-order valence-corrected chi connectivity index (χ0v) is 13.6. The van der Waals surface area contributed by atoms with Crippen LogP contribution in [0.2, 0.25) is 0 Å². The molecule has 0 aromatic carbocycles. The Morgan fingerprint density at radius 1 is 1.35 bits per heavy atom. The second-order valence-electron chi connectivity index (χ2n) is 5.81. The predicted molar refractivity (Wildman–Crippen MR) is 84.3 cm³/mol. The minimum Gasteiger partial charge on any atom is -0.381 e. The lowest BCUT2D eigenvalue weighted by atomic mass is 10.1. The molecular weight excluding hydrogens is 318 g/mol. The van der Waals surface area contributed by atoms with Gasteiger partial charge in [-0.1, -0.05) is 0 Å². The summed E-state index contributed by atoms with van der Waals surface area (Å²) in [6.07, 6.45) is 3.14. The van der Waals surface area contributed by atoms with E-state index in [0.29, 0.717) is 0 Å². The summed E-state index contributed by atoms with van der Waals surface area (Å²) in [5.41, 5.74) is 1.25. The minimum atomic E-state index is 0.745. The van der Waals surface area contributed by atoms with Gasteiger partial charge in [0.25, 0.3) is 0 Å². The Balaban J connectivity index is 1.53. The van der Waals surface area contributed by atoms with Crippen molar-refractivity contribution in [2.45, 2.75) is 13.3 Å². The van der Waals surface area contributed by atoms with E-state index in [2.05, 4.69) is 43.7 Å². The highest BCUT2D eigenvalue weighted by atomic mass is 79.9. The maximum atomic E-state index is 5.46. The van der Waals surface area contributed by atoms with Crippen LogP contribution in [0, 0.1) is 12.8 Å². The van der Waals surface area contributed by atoms with Crippen molar-refractivity contribution in [1.82, 2.24) is 9.88 Å². The number of hydrogen-bond donors (Lipinski definition) is 0. The molecule has 2 fully saturated rings. The molecule has 0 spiro atoms. The first-order valence-corrected chi connectivity index (χ1v) is 8.19. The van der Waals surface area contributed by atoms with Crippen molar-refractivity contribution in [2.24, 2.45) is 5.92 Å². The van der Waals surface area contributed by atoms with E-state index < -0.39 is 0 Å². The molecule has 2 saturated heterocycles. The van der Waals surface area contributed by atoms with Gasteiger partial charge in [-0.25, -0.2) is 4.98 Å². The summed E-state index contributed by atoms with van der Waals surface area (Å²) in [6.45, 7) is 9.62. The molecule has 0 unspecified atom stereocenters. The highest BCUT2D eigenvalue weighted by molar-refractivity contribution is 9.10. The third kappa shape index (κ3) is 3.32. The van der Waals surface area contributed by atoms with Crippen molar-refractivity contribution in [3.05, 3.63) is 22.3 Å². The van der Waals surface area contributed by atoms with Gasteiger partial charge in [-0.15, -0.1) is 0 Å². The molecule has 20 heavy (non-hydrogen) atoms. The number of aryl methyl sites for hydroxylation is 1. The van der Waals surface area contributed by atoms with Crippen LogP contribution >= 0.6 is 15.9 Å². The zero-order chi connectivity index (χ0) is 13.9. The van der Waals surface area contributed by atoms with Gasteiger partial charge in [0, 0.05) is 50.0 Å². The van der Waals surface area contributed by atoms with E-state index in [0.717, 1.165) is 55.6 Å². The normalized spacial score (nSPS) is 24.3. The van der Waals surface area contributed by atoms with Gasteiger partial charge in [0.15, 0.2) is 0 Å². The van der Waals surface area contributed by atoms with Gasteiger partial charge in [-0.3, -0.25) is 4.90 Å². The van der Waals surface area contributed by atoms with Crippen molar-refractivity contribution >= 4 is 21.7 Å². The quantitative estimate of drug-likeness (QED) is 0.844. The minimum absolute atomic E-state index is 0.745. The average Bonchev–Trinajstić information content (AvgIpc) is 2.96. The number of hydrogen-bond acceptors (Lipinski definition) is 4. The topological polar surface area (TPSA) is 28.6 Å². The molecule has 1 atom stereocenters. The van der Waals surface area contributed by atoms with Crippen molar-refractivity contribution < 1.29 is 4.74 Å². The first-order chi connectivity index (χ1) is 9.72. The number of rotatable bonds is 3. The van der Waals surface area contributed by atoms with Crippen LogP contribution < -0.4 is 4.90 Å². The van der Waals surface area contributed by atoms with E-state index in [4.69, 9.17) is 4.74 Å². The predicted octanol–water partition coefficient (Wildman–Crippen LogP) is 2.31. The number of pyridine rings is 1. The van der Waals surface area contributed by atoms with Crippen LogP contribution in [-0.2, 0) is 4.74 Å². The number of nitrogens with zero attached hydrogens (tertiary/aromatic N) is 3. The molecule has 2 aliphatic heterocycles. The third-order valence-electron chi connectivity index (χ3n) is 4.27. The fourth-order valence-corrected chi connectivity index (χ4v) is 3.17. The average molecular weight is 340 g/mol. The lowest BCUT2D eigenvalue weighted by Crippen LogP contribution is -2.48. The van der Waals surface area contributed by atoms with Crippen LogP contribution in [0.4, 0.5) is 5.82 Å². The molecule has 0 N–H and O–H groups in total. The maximum absolute atomic E-state index is 5.46. The highest BCUT2D eigenvalue weighted by Crippen LogP contribution is 2.21.